The molecule has 0 aliphatic heterocycles. The first-order chi connectivity index (χ1) is 7.56. The maximum absolute atomic E-state index is 3.42. The molecule has 1 rings (SSSR count). The molecule has 16 heavy (non-hydrogen) atoms. The number of anilines is 1. The Labute approximate surface area is 108 Å². The summed E-state index contributed by atoms with van der Waals surface area (Å²) in [6.07, 6.45) is 1.75. The quantitative estimate of drug-likeness (QED) is 0.475. The molecule has 1 aromatic rings. The fourth-order valence-corrected chi connectivity index (χ4v) is 1.41. The minimum Gasteiger partial charge on any atom is -0.309 e. The van der Waals surface area contributed by atoms with E-state index in [1.54, 1.807) is 6.08 Å². The molecule has 0 fully saturated rings. The van der Waals surface area contributed by atoms with Gasteiger partial charge in [-0.15, -0.1) is 6.58 Å². The van der Waals surface area contributed by atoms with Gasteiger partial charge < -0.3 is 5.01 Å². The molecule has 2 nitrogen and oxygen atoms in total. The lowest BCUT2D eigenvalue weighted by molar-refractivity contribution is 0.397. The van der Waals surface area contributed by atoms with E-state index >= 15 is 0 Å². The van der Waals surface area contributed by atoms with E-state index in [1.807, 2.05) is 33.1 Å². The van der Waals surface area contributed by atoms with Crippen LogP contribution < -0.4 is 5.01 Å². The standard InChI is InChI=1S/C10H15BrN2.C3H6/c1-12(2)13(3)10-6-4-9(8-11)5-7-10;1-3-2/h4-7H,8H2,1-3H3;3H,1H2,2H3. The summed E-state index contributed by atoms with van der Waals surface area (Å²) in [4.78, 5) is 0. The molecule has 1 aromatic carbocycles. The van der Waals surface area contributed by atoms with Crippen molar-refractivity contribution in [1.29, 1.82) is 0 Å². The fourth-order valence-electron chi connectivity index (χ4n) is 1.03. The molecule has 0 aliphatic rings. The van der Waals surface area contributed by atoms with E-state index in [0.29, 0.717) is 0 Å². The molecule has 0 saturated carbocycles. The van der Waals surface area contributed by atoms with Crippen LogP contribution in [0.2, 0.25) is 0 Å². The lowest BCUT2D eigenvalue weighted by Gasteiger charge is -2.26. The largest absolute Gasteiger partial charge is 0.309 e. The highest BCUT2D eigenvalue weighted by Crippen LogP contribution is 2.15. The van der Waals surface area contributed by atoms with Crippen LogP contribution in [0.5, 0.6) is 0 Å². The topological polar surface area (TPSA) is 6.48 Å². The minimum absolute atomic E-state index is 0.916. The first-order valence-electron chi connectivity index (χ1n) is 5.19. The molecular formula is C13H21BrN2. The first kappa shape index (κ1) is 15.2. The van der Waals surface area contributed by atoms with Crippen LogP contribution >= 0.6 is 15.9 Å². The van der Waals surface area contributed by atoms with E-state index in [1.165, 1.54) is 11.3 Å². The number of benzene rings is 1. The summed E-state index contributed by atoms with van der Waals surface area (Å²) in [6.45, 7) is 5.25. The lowest BCUT2D eigenvalue weighted by Crippen LogP contribution is -2.32. The van der Waals surface area contributed by atoms with Gasteiger partial charge in [0, 0.05) is 26.5 Å². The van der Waals surface area contributed by atoms with Crippen LogP contribution in [0.25, 0.3) is 0 Å². The van der Waals surface area contributed by atoms with Gasteiger partial charge in [-0.05, 0) is 24.6 Å². The van der Waals surface area contributed by atoms with Crippen molar-refractivity contribution in [2.75, 3.05) is 26.2 Å². The minimum atomic E-state index is 0.916. The van der Waals surface area contributed by atoms with E-state index in [2.05, 4.69) is 51.8 Å². The van der Waals surface area contributed by atoms with Crippen molar-refractivity contribution in [3.8, 4) is 0 Å². The van der Waals surface area contributed by atoms with Gasteiger partial charge in [-0.2, -0.15) is 0 Å². The molecule has 0 atom stereocenters. The molecule has 0 amide bonds. The van der Waals surface area contributed by atoms with Crippen molar-refractivity contribution in [2.24, 2.45) is 0 Å². The number of hydrogen-bond donors (Lipinski definition) is 0. The van der Waals surface area contributed by atoms with Crippen LogP contribution in [0.1, 0.15) is 12.5 Å². The smallest absolute Gasteiger partial charge is 0.0518 e. The summed E-state index contributed by atoms with van der Waals surface area (Å²) in [5, 5.41) is 5.06. The predicted molar refractivity (Wildman–Crippen MR) is 77.0 cm³/mol. The molecular weight excluding hydrogens is 264 g/mol. The zero-order chi connectivity index (χ0) is 12.6. The maximum Gasteiger partial charge on any atom is 0.0518 e. The third-order valence-electron chi connectivity index (χ3n) is 2.06. The number of nitrogens with zero attached hydrogens (tertiary/aromatic N) is 2. The maximum atomic E-state index is 3.42. The Bertz CT molecular complexity index is 293. The molecule has 3 heteroatoms. The van der Waals surface area contributed by atoms with Gasteiger partial charge in [-0.25, -0.2) is 5.01 Å². The Morgan fingerprint density at radius 3 is 1.94 bits per heavy atom. The van der Waals surface area contributed by atoms with Crippen LogP contribution in [0.3, 0.4) is 0 Å². The number of hydrazine groups is 1. The van der Waals surface area contributed by atoms with Crippen molar-refractivity contribution >= 4 is 21.6 Å². The summed E-state index contributed by atoms with van der Waals surface area (Å²) < 4.78 is 0. The third-order valence-corrected chi connectivity index (χ3v) is 2.71. The van der Waals surface area contributed by atoms with Crippen LogP contribution in [-0.2, 0) is 5.33 Å². The fraction of sp³-hybridized carbons (Fsp3) is 0.385. The normalized spacial score (nSPS) is 9.38. The second-order valence-corrected chi connectivity index (χ2v) is 4.14. The van der Waals surface area contributed by atoms with Gasteiger partial charge in [-0.3, -0.25) is 0 Å². The first-order valence-corrected chi connectivity index (χ1v) is 6.31. The van der Waals surface area contributed by atoms with Crippen LogP contribution in [0.15, 0.2) is 36.9 Å². The molecule has 90 valence electrons. The summed E-state index contributed by atoms with van der Waals surface area (Å²) in [5.41, 5.74) is 2.51. The Morgan fingerprint density at radius 1 is 1.19 bits per heavy atom. The molecule has 0 N–H and O–H groups in total. The van der Waals surface area contributed by atoms with E-state index < -0.39 is 0 Å². The van der Waals surface area contributed by atoms with Gasteiger partial charge in [0.1, 0.15) is 0 Å². The Balaban J connectivity index is 0.000000673. The average Bonchev–Trinajstić information content (AvgIpc) is 2.29. The number of halogens is 1. The molecule has 0 radical (unpaired) electrons. The second kappa shape index (κ2) is 8.36. The van der Waals surface area contributed by atoms with Gasteiger partial charge >= 0.3 is 0 Å². The highest BCUT2D eigenvalue weighted by molar-refractivity contribution is 9.08. The van der Waals surface area contributed by atoms with E-state index in [9.17, 15) is 0 Å². The number of rotatable bonds is 3. The van der Waals surface area contributed by atoms with Gasteiger partial charge in [0.2, 0.25) is 0 Å². The number of alkyl halides is 1. The molecule has 0 bridgehead atoms. The SMILES string of the molecule is C=CC.CN(C)N(C)c1ccc(CBr)cc1. The number of hydrogen-bond acceptors (Lipinski definition) is 2. The van der Waals surface area contributed by atoms with E-state index in [4.69, 9.17) is 0 Å². The zero-order valence-corrected chi connectivity index (χ0v) is 12.2. The van der Waals surface area contributed by atoms with Crippen molar-refractivity contribution in [3.63, 3.8) is 0 Å². The Kier molecular flexibility index (Phi) is 7.95. The van der Waals surface area contributed by atoms with Crippen molar-refractivity contribution in [2.45, 2.75) is 12.3 Å². The molecule has 0 aromatic heterocycles. The second-order valence-electron chi connectivity index (χ2n) is 3.58. The Hall–Kier alpha value is -0.800. The van der Waals surface area contributed by atoms with E-state index in [-0.39, 0.29) is 0 Å². The summed E-state index contributed by atoms with van der Waals surface area (Å²) in [5.74, 6) is 0. The molecule has 0 spiro atoms. The average molecular weight is 285 g/mol. The number of allylic oxidation sites excluding steroid dienone is 1. The van der Waals surface area contributed by atoms with Crippen LogP contribution in [-0.4, -0.2) is 26.2 Å². The zero-order valence-electron chi connectivity index (χ0n) is 10.6. The Morgan fingerprint density at radius 2 is 1.62 bits per heavy atom. The third kappa shape index (κ3) is 5.33. The predicted octanol–water partition coefficient (Wildman–Crippen LogP) is 3.69. The van der Waals surface area contributed by atoms with Gasteiger partial charge in [0.15, 0.2) is 0 Å². The van der Waals surface area contributed by atoms with Crippen LogP contribution in [0.4, 0.5) is 5.69 Å². The molecule has 0 saturated heterocycles. The summed E-state index contributed by atoms with van der Waals surface area (Å²) >= 11 is 3.42. The highest BCUT2D eigenvalue weighted by Gasteiger charge is 2.01. The van der Waals surface area contributed by atoms with Crippen molar-refractivity contribution < 1.29 is 0 Å². The van der Waals surface area contributed by atoms with Gasteiger partial charge in [0.05, 0.1) is 5.69 Å². The monoisotopic (exact) mass is 284 g/mol. The molecule has 0 aliphatic carbocycles. The van der Waals surface area contributed by atoms with Gasteiger partial charge in [0.25, 0.3) is 0 Å². The van der Waals surface area contributed by atoms with Crippen LogP contribution in [0, 0.1) is 0 Å². The van der Waals surface area contributed by atoms with Gasteiger partial charge in [-0.1, -0.05) is 34.1 Å². The van der Waals surface area contributed by atoms with Crippen molar-refractivity contribution in [3.05, 3.63) is 42.5 Å². The summed E-state index contributed by atoms with van der Waals surface area (Å²) in [7, 11) is 6.10. The van der Waals surface area contributed by atoms with Crippen molar-refractivity contribution in [1.82, 2.24) is 5.01 Å². The summed E-state index contributed by atoms with van der Waals surface area (Å²) in [6, 6.07) is 8.50. The van der Waals surface area contributed by atoms with E-state index in [0.717, 1.165) is 5.33 Å². The highest BCUT2D eigenvalue weighted by atomic mass is 79.9. The molecule has 0 heterocycles. The molecule has 0 unspecified atom stereocenters. The lowest BCUT2D eigenvalue weighted by atomic mass is 10.2.